The van der Waals surface area contributed by atoms with Crippen molar-refractivity contribution in [3.05, 3.63) is 60.7 Å². The van der Waals surface area contributed by atoms with Gasteiger partial charge in [-0.1, -0.05) is 36.8 Å². The van der Waals surface area contributed by atoms with Crippen LogP contribution in [0.15, 0.2) is 55.1 Å². The molecule has 6 heteroatoms. The van der Waals surface area contributed by atoms with Gasteiger partial charge in [0.2, 0.25) is 0 Å². The summed E-state index contributed by atoms with van der Waals surface area (Å²) >= 11 is 0. The molecule has 4 heterocycles. The van der Waals surface area contributed by atoms with Crippen molar-refractivity contribution >= 4 is 11.5 Å². The van der Waals surface area contributed by atoms with E-state index in [0.717, 1.165) is 24.6 Å². The molecule has 1 N–H and O–H groups in total. The van der Waals surface area contributed by atoms with Crippen LogP contribution in [-0.4, -0.2) is 63.2 Å². The number of imidazole rings is 1. The number of anilines is 1. The van der Waals surface area contributed by atoms with Gasteiger partial charge in [-0.15, -0.1) is 0 Å². The maximum Gasteiger partial charge on any atom is 0.156 e. The molecule has 3 fully saturated rings. The van der Waals surface area contributed by atoms with Gasteiger partial charge in [0.15, 0.2) is 5.65 Å². The molecule has 2 saturated heterocycles. The minimum absolute atomic E-state index is 0.0818. The zero-order valence-electron chi connectivity index (χ0n) is 17.3. The van der Waals surface area contributed by atoms with Crippen LogP contribution in [-0.2, 0) is 0 Å². The molecule has 0 amide bonds. The molecule has 1 aromatic carbocycles. The van der Waals surface area contributed by atoms with Crippen LogP contribution in [0.2, 0.25) is 0 Å². The number of benzene rings is 1. The predicted molar refractivity (Wildman–Crippen MR) is 117 cm³/mol. The van der Waals surface area contributed by atoms with Crippen LogP contribution >= 0.6 is 0 Å². The first-order valence-corrected chi connectivity index (χ1v) is 11.2. The lowest BCUT2D eigenvalue weighted by atomic mass is 9.95. The van der Waals surface area contributed by atoms with Crippen LogP contribution in [0.3, 0.4) is 0 Å². The Bertz CT molecular complexity index is 1030. The van der Waals surface area contributed by atoms with Crippen molar-refractivity contribution in [1.82, 2.24) is 19.3 Å². The molecule has 1 saturated carbocycles. The number of piperidine rings is 1. The van der Waals surface area contributed by atoms with Gasteiger partial charge < -0.3 is 14.9 Å². The van der Waals surface area contributed by atoms with Gasteiger partial charge in [0.1, 0.15) is 5.82 Å². The van der Waals surface area contributed by atoms with Crippen LogP contribution in [0, 0.1) is 11.3 Å². The number of nitrogens with zero attached hydrogens (tertiary/aromatic N) is 5. The van der Waals surface area contributed by atoms with Crippen LogP contribution in [0.25, 0.3) is 5.65 Å². The van der Waals surface area contributed by atoms with Crippen LogP contribution < -0.4 is 4.90 Å². The SMILES string of the molecule is O[C@H]1CN(c2cncc3nccn23)C[C@@]12[C@H](CN1CCCCC1)[C@H]2c1ccccc1. The number of aliphatic hydroxyl groups is 1. The van der Waals surface area contributed by atoms with Crippen LogP contribution in [0.4, 0.5) is 5.82 Å². The minimum Gasteiger partial charge on any atom is -0.391 e. The van der Waals surface area contributed by atoms with Gasteiger partial charge in [-0.25, -0.2) is 4.98 Å². The molecule has 0 bridgehead atoms. The smallest absolute Gasteiger partial charge is 0.156 e. The van der Waals surface area contributed by atoms with Gasteiger partial charge in [0.25, 0.3) is 0 Å². The Morgan fingerprint density at radius 2 is 1.90 bits per heavy atom. The summed E-state index contributed by atoms with van der Waals surface area (Å²) in [6.45, 7) is 5.01. The number of aromatic nitrogens is 3. The normalized spacial score (nSPS) is 31.6. The quantitative estimate of drug-likeness (QED) is 0.726. The number of likely N-dealkylation sites (tertiary alicyclic amines) is 1. The topological polar surface area (TPSA) is 56.9 Å². The summed E-state index contributed by atoms with van der Waals surface area (Å²) in [5, 5.41) is 11.4. The van der Waals surface area contributed by atoms with Crippen molar-refractivity contribution in [3.63, 3.8) is 0 Å². The van der Waals surface area contributed by atoms with Crippen LogP contribution in [0.1, 0.15) is 30.7 Å². The summed E-state index contributed by atoms with van der Waals surface area (Å²) < 4.78 is 2.08. The second-order valence-corrected chi connectivity index (χ2v) is 9.29. The average molecular weight is 404 g/mol. The molecule has 6 rings (SSSR count). The van der Waals surface area contributed by atoms with Crippen molar-refractivity contribution in [2.24, 2.45) is 11.3 Å². The van der Waals surface area contributed by atoms with Crippen molar-refractivity contribution < 1.29 is 5.11 Å². The Kier molecular flexibility index (Phi) is 4.32. The zero-order valence-corrected chi connectivity index (χ0v) is 17.3. The lowest BCUT2D eigenvalue weighted by Crippen LogP contribution is -2.34. The molecular formula is C24H29N5O. The van der Waals surface area contributed by atoms with E-state index in [0.29, 0.717) is 18.4 Å². The predicted octanol–water partition coefficient (Wildman–Crippen LogP) is 2.80. The lowest BCUT2D eigenvalue weighted by Gasteiger charge is -2.27. The zero-order chi connectivity index (χ0) is 20.1. The highest BCUT2D eigenvalue weighted by atomic mass is 16.3. The molecule has 4 atom stereocenters. The molecule has 3 aromatic rings. The van der Waals surface area contributed by atoms with E-state index in [4.69, 9.17) is 0 Å². The highest BCUT2D eigenvalue weighted by Crippen LogP contribution is 2.69. The van der Waals surface area contributed by atoms with Crippen molar-refractivity contribution in [2.75, 3.05) is 37.6 Å². The first-order valence-electron chi connectivity index (χ1n) is 11.2. The number of hydrogen-bond acceptors (Lipinski definition) is 5. The van der Waals surface area contributed by atoms with E-state index < -0.39 is 0 Å². The largest absolute Gasteiger partial charge is 0.391 e. The molecule has 3 aliphatic rings. The summed E-state index contributed by atoms with van der Waals surface area (Å²) in [4.78, 5) is 13.7. The third-order valence-corrected chi connectivity index (χ3v) is 7.72. The fourth-order valence-electron chi connectivity index (χ4n) is 6.23. The maximum atomic E-state index is 11.4. The van der Waals surface area contributed by atoms with E-state index >= 15 is 0 Å². The summed E-state index contributed by atoms with van der Waals surface area (Å²) in [5.41, 5.74) is 2.14. The van der Waals surface area contributed by atoms with Crippen molar-refractivity contribution in [2.45, 2.75) is 31.3 Å². The molecule has 1 aliphatic carbocycles. The van der Waals surface area contributed by atoms with E-state index in [2.05, 4.69) is 54.5 Å². The summed E-state index contributed by atoms with van der Waals surface area (Å²) in [7, 11) is 0. The van der Waals surface area contributed by atoms with Gasteiger partial charge in [-0.3, -0.25) is 9.38 Å². The standard InChI is InChI=1S/C24H29N5O/c30-20-16-28(22-14-25-13-21-26-9-12-29(21)22)17-24(20)19(15-27-10-5-2-6-11-27)23(24)18-7-3-1-4-8-18/h1,3-4,7-9,12-14,19-20,23,30H,2,5-6,10-11,15-17H2/t19-,20+,23-,24-/m1/s1. The molecule has 2 aliphatic heterocycles. The molecular weight excluding hydrogens is 374 g/mol. The fraction of sp³-hybridized carbons (Fsp3) is 0.500. The Morgan fingerprint density at radius 3 is 2.73 bits per heavy atom. The number of hydrogen-bond donors (Lipinski definition) is 1. The number of fused-ring (bicyclic) bond motifs is 1. The third kappa shape index (κ3) is 2.77. The van der Waals surface area contributed by atoms with Gasteiger partial charge in [0.05, 0.1) is 18.5 Å². The first-order chi connectivity index (χ1) is 14.8. The molecule has 1 spiro atoms. The third-order valence-electron chi connectivity index (χ3n) is 7.72. The Hall–Kier alpha value is -2.44. The van der Waals surface area contributed by atoms with E-state index in [1.807, 2.05) is 18.6 Å². The second-order valence-electron chi connectivity index (χ2n) is 9.29. The van der Waals surface area contributed by atoms with Gasteiger partial charge in [-0.2, -0.15) is 0 Å². The highest BCUT2D eigenvalue weighted by molar-refractivity contribution is 5.52. The maximum absolute atomic E-state index is 11.4. The highest BCUT2D eigenvalue weighted by Gasteiger charge is 2.71. The molecule has 0 radical (unpaired) electrons. The number of β-amino-alcohol motifs (C(OH)–C–C–N with tert-alkyl or cyclic N) is 1. The Balaban J connectivity index is 1.33. The van der Waals surface area contributed by atoms with Crippen molar-refractivity contribution in [3.8, 4) is 0 Å². The average Bonchev–Trinajstić information content (AvgIpc) is 3.08. The molecule has 30 heavy (non-hydrogen) atoms. The molecule has 156 valence electrons. The number of rotatable bonds is 4. The fourth-order valence-corrected chi connectivity index (χ4v) is 6.23. The second kappa shape index (κ2) is 7.06. The summed E-state index contributed by atoms with van der Waals surface area (Å²) in [5.74, 6) is 1.93. The monoisotopic (exact) mass is 403 g/mol. The van der Waals surface area contributed by atoms with E-state index in [1.54, 1.807) is 6.20 Å². The lowest BCUT2D eigenvalue weighted by molar-refractivity contribution is 0.114. The van der Waals surface area contributed by atoms with Crippen LogP contribution in [0.5, 0.6) is 0 Å². The van der Waals surface area contributed by atoms with E-state index in [9.17, 15) is 5.11 Å². The molecule has 0 unspecified atom stereocenters. The summed E-state index contributed by atoms with van der Waals surface area (Å²) in [6, 6.07) is 10.8. The molecule has 6 nitrogen and oxygen atoms in total. The Morgan fingerprint density at radius 1 is 1.07 bits per heavy atom. The minimum atomic E-state index is -0.337. The van der Waals surface area contributed by atoms with Gasteiger partial charge in [-0.05, 0) is 43.3 Å². The first kappa shape index (κ1) is 18.3. The summed E-state index contributed by atoms with van der Waals surface area (Å²) in [6.07, 6.45) is 11.1. The van der Waals surface area contributed by atoms with Gasteiger partial charge in [0, 0.05) is 37.4 Å². The van der Waals surface area contributed by atoms with Gasteiger partial charge >= 0.3 is 0 Å². The number of aliphatic hydroxyl groups excluding tert-OH is 1. The van der Waals surface area contributed by atoms with Crippen molar-refractivity contribution in [1.29, 1.82) is 0 Å². The Labute approximate surface area is 177 Å². The molecule has 2 aromatic heterocycles. The van der Waals surface area contributed by atoms with E-state index in [1.165, 1.54) is 37.9 Å². The van der Waals surface area contributed by atoms with E-state index in [-0.39, 0.29) is 11.5 Å².